The minimum atomic E-state index is -0.791. The number of hydrogen-bond donors (Lipinski definition) is 3. The minimum absolute atomic E-state index is 0.0634. The van der Waals surface area contributed by atoms with Crippen molar-refractivity contribution in [1.82, 2.24) is 5.32 Å². The normalized spacial score (nSPS) is 13.8. The van der Waals surface area contributed by atoms with Crippen molar-refractivity contribution in [3.63, 3.8) is 0 Å². The fourth-order valence-corrected chi connectivity index (χ4v) is 6.89. The van der Waals surface area contributed by atoms with Crippen molar-refractivity contribution in [1.29, 1.82) is 0 Å². The smallest absolute Gasteiger partial charge is 0.306 e. The molecule has 3 unspecified atom stereocenters. The van der Waals surface area contributed by atoms with Crippen LogP contribution in [0.4, 0.5) is 0 Å². The van der Waals surface area contributed by atoms with E-state index in [1.165, 1.54) is 89.9 Å². The summed E-state index contributed by atoms with van der Waals surface area (Å²) in [6.07, 6.45) is 50.2. The number of ether oxygens (including phenoxy) is 1. The van der Waals surface area contributed by atoms with Gasteiger partial charge in [0.25, 0.3) is 0 Å². The topological polar surface area (TPSA) is 95.9 Å². The third-order valence-electron chi connectivity index (χ3n) is 10.5. The van der Waals surface area contributed by atoms with Gasteiger partial charge in [0.1, 0.15) is 6.10 Å². The van der Waals surface area contributed by atoms with Crippen LogP contribution in [0.2, 0.25) is 0 Å². The van der Waals surface area contributed by atoms with Crippen molar-refractivity contribution in [2.75, 3.05) is 6.61 Å². The van der Waals surface area contributed by atoms with Gasteiger partial charge in [0.05, 0.1) is 25.2 Å². The molecule has 0 aliphatic carbocycles. The van der Waals surface area contributed by atoms with Crippen LogP contribution in [0.15, 0.2) is 48.6 Å². The predicted octanol–water partition coefficient (Wildman–Crippen LogP) is 13.5. The molecular formula is C49H89NO5. The number of nitrogens with one attached hydrogen (secondary N) is 1. The second kappa shape index (κ2) is 43.0. The molecular weight excluding hydrogens is 683 g/mol. The van der Waals surface area contributed by atoms with Crippen molar-refractivity contribution in [3.05, 3.63) is 48.6 Å². The van der Waals surface area contributed by atoms with Gasteiger partial charge in [-0.2, -0.15) is 0 Å². The molecule has 0 aromatic heterocycles. The van der Waals surface area contributed by atoms with E-state index in [-0.39, 0.29) is 24.9 Å². The predicted molar refractivity (Wildman–Crippen MR) is 236 cm³/mol. The van der Waals surface area contributed by atoms with Crippen LogP contribution in [-0.4, -0.2) is 46.9 Å². The van der Waals surface area contributed by atoms with Crippen molar-refractivity contribution < 1.29 is 24.5 Å². The Balaban J connectivity index is 4.65. The van der Waals surface area contributed by atoms with Crippen molar-refractivity contribution in [3.8, 4) is 0 Å². The fraction of sp³-hybridized carbons (Fsp3) is 0.796. The Hall–Kier alpha value is -2.18. The summed E-state index contributed by atoms with van der Waals surface area (Å²) in [6.45, 7) is 6.31. The number of allylic oxidation sites excluding steroid dienone is 8. The van der Waals surface area contributed by atoms with Crippen LogP contribution in [0.3, 0.4) is 0 Å². The molecule has 0 spiro atoms. The first-order valence-electron chi connectivity index (χ1n) is 23.4. The maximum absolute atomic E-state index is 13.1. The van der Waals surface area contributed by atoms with Crippen LogP contribution < -0.4 is 5.32 Å². The van der Waals surface area contributed by atoms with Crippen molar-refractivity contribution in [2.45, 2.75) is 244 Å². The van der Waals surface area contributed by atoms with Gasteiger partial charge >= 0.3 is 5.97 Å². The van der Waals surface area contributed by atoms with Gasteiger partial charge in [-0.1, -0.05) is 191 Å². The lowest BCUT2D eigenvalue weighted by Crippen LogP contribution is -2.46. The molecule has 0 heterocycles. The molecule has 0 bridgehead atoms. The second-order valence-corrected chi connectivity index (χ2v) is 15.8. The SMILES string of the molecule is CC/C=C/C=C/C=C\CCCCCCCC(=O)OC(CCCCCCC/C=C\CCCCCC)CC(=O)NC(CO)C(O)CCCCCCCCCCCC. The van der Waals surface area contributed by atoms with Gasteiger partial charge in [-0.05, 0) is 70.6 Å². The third kappa shape index (κ3) is 38.5. The minimum Gasteiger partial charge on any atom is -0.462 e. The zero-order valence-electron chi connectivity index (χ0n) is 36.3. The number of rotatable bonds is 41. The van der Waals surface area contributed by atoms with E-state index < -0.39 is 18.2 Å². The Kier molecular flexibility index (Phi) is 41.2. The van der Waals surface area contributed by atoms with E-state index in [1.807, 2.05) is 0 Å². The van der Waals surface area contributed by atoms with Crippen molar-refractivity contribution in [2.24, 2.45) is 0 Å². The van der Waals surface area contributed by atoms with Crippen LogP contribution in [0, 0.1) is 0 Å². The molecule has 0 fully saturated rings. The molecule has 0 aromatic carbocycles. The van der Waals surface area contributed by atoms with Gasteiger partial charge in [-0.3, -0.25) is 9.59 Å². The summed E-state index contributed by atoms with van der Waals surface area (Å²) in [6, 6.07) is -0.706. The van der Waals surface area contributed by atoms with Crippen LogP contribution >= 0.6 is 0 Å². The average Bonchev–Trinajstić information content (AvgIpc) is 3.18. The number of carbonyl (C=O) groups is 2. The third-order valence-corrected chi connectivity index (χ3v) is 10.5. The van der Waals surface area contributed by atoms with Gasteiger partial charge in [0.15, 0.2) is 0 Å². The lowest BCUT2D eigenvalue weighted by Gasteiger charge is -2.24. The first-order valence-corrected chi connectivity index (χ1v) is 23.4. The van der Waals surface area contributed by atoms with Crippen LogP contribution in [0.1, 0.15) is 226 Å². The van der Waals surface area contributed by atoms with Gasteiger partial charge in [0.2, 0.25) is 5.91 Å². The van der Waals surface area contributed by atoms with Gasteiger partial charge < -0.3 is 20.3 Å². The molecule has 0 aromatic rings. The molecule has 0 rings (SSSR count). The number of esters is 1. The molecule has 55 heavy (non-hydrogen) atoms. The summed E-state index contributed by atoms with van der Waals surface area (Å²) in [5.74, 6) is -0.506. The molecule has 6 heteroatoms. The number of unbranched alkanes of at least 4 members (excludes halogenated alkanes) is 23. The van der Waals surface area contributed by atoms with Crippen LogP contribution in [-0.2, 0) is 14.3 Å². The summed E-state index contributed by atoms with van der Waals surface area (Å²) < 4.78 is 5.90. The molecule has 0 aliphatic rings. The van der Waals surface area contributed by atoms with Gasteiger partial charge in [-0.15, -0.1) is 0 Å². The average molecular weight is 772 g/mol. The summed E-state index contributed by atoms with van der Waals surface area (Å²) >= 11 is 0. The standard InChI is InChI=1S/C49H89NO5/c1-4-7-10-13-16-19-22-24-26-28-31-34-37-40-45(55-49(54)42-39-36-33-30-27-25-23-20-17-14-11-8-5-2)43-48(53)50-46(44-51)47(52)41-38-35-32-29-21-18-15-12-9-6-3/h8,11,14,17,19-20,22-23,45-47,51-52H,4-7,9-10,12-13,15-16,18,21,24-44H2,1-3H3,(H,50,53)/b11-8+,17-14+,22-19-,23-20-. The van der Waals surface area contributed by atoms with E-state index in [1.54, 1.807) is 0 Å². The second-order valence-electron chi connectivity index (χ2n) is 15.8. The lowest BCUT2D eigenvalue weighted by molar-refractivity contribution is -0.151. The number of aliphatic hydroxyl groups excluding tert-OH is 2. The first-order chi connectivity index (χ1) is 27.0. The van der Waals surface area contributed by atoms with E-state index in [2.05, 4.69) is 74.7 Å². The van der Waals surface area contributed by atoms with E-state index >= 15 is 0 Å². The molecule has 3 atom stereocenters. The highest BCUT2D eigenvalue weighted by Crippen LogP contribution is 2.17. The van der Waals surface area contributed by atoms with Gasteiger partial charge in [0, 0.05) is 6.42 Å². The van der Waals surface area contributed by atoms with E-state index in [9.17, 15) is 19.8 Å². The summed E-state index contributed by atoms with van der Waals surface area (Å²) in [4.78, 5) is 26.0. The molecule has 0 saturated heterocycles. The summed E-state index contributed by atoms with van der Waals surface area (Å²) in [7, 11) is 0. The highest BCUT2D eigenvalue weighted by Gasteiger charge is 2.24. The molecule has 0 radical (unpaired) electrons. The summed E-state index contributed by atoms with van der Waals surface area (Å²) in [5.41, 5.74) is 0. The molecule has 6 nitrogen and oxygen atoms in total. The molecule has 1 amide bonds. The van der Waals surface area contributed by atoms with Crippen LogP contribution in [0.5, 0.6) is 0 Å². The number of carbonyl (C=O) groups excluding carboxylic acids is 2. The fourth-order valence-electron chi connectivity index (χ4n) is 6.89. The zero-order chi connectivity index (χ0) is 40.3. The molecule has 0 aliphatic heterocycles. The number of amides is 1. The largest absolute Gasteiger partial charge is 0.462 e. The lowest BCUT2D eigenvalue weighted by atomic mass is 10.0. The quantitative estimate of drug-likeness (QED) is 0.0249. The Labute approximate surface area is 340 Å². The maximum Gasteiger partial charge on any atom is 0.306 e. The number of hydrogen-bond acceptors (Lipinski definition) is 5. The van der Waals surface area contributed by atoms with E-state index in [4.69, 9.17) is 4.74 Å². The Morgan fingerprint density at radius 3 is 1.55 bits per heavy atom. The van der Waals surface area contributed by atoms with Crippen LogP contribution in [0.25, 0.3) is 0 Å². The zero-order valence-corrected chi connectivity index (χ0v) is 36.3. The molecule has 3 N–H and O–H groups in total. The molecule has 320 valence electrons. The Bertz CT molecular complexity index is 957. The maximum atomic E-state index is 13.1. The van der Waals surface area contributed by atoms with E-state index in [0.29, 0.717) is 19.3 Å². The highest BCUT2D eigenvalue weighted by molar-refractivity contribution is 5.77. The monoisotopic (exact) mass is 772 g/mol. The highest BCUT2D eigenvalue weighted by atomic mass is 16.5. The van der Waals surface area contributed by atoms with Crippen molar-refractivity contribution >= 4 is 11.9 Å². The number of aliphatic hydroxyl groups is 2. The molecule has 0 saturated carbocycles. The summed E-state index contributed by atoms with van der Waals surface area (Å²) in [5, 5.41) is 23.6. The van der Waals surface area contributed by atoms with Gasteiger partial charge in [-0.25, -0.2) is 0 Å². The van der Waals surface area contributed by atoms with E-state index in [0.717, 1.165) is 89.9 Å². The Morgan fingerprint density at radius 2 is 1.00 bits per heavy atom. The first kappa shape index (κ1) is 52.8. The Morgan fingerprint density at radius 1 is 0.545 bits per heavy atom.